The number of carbonyl (C=O) groups is 2. The summed E-state index contributed by atoms with van der Waals surface area (Å²) in [5.74, 6) is -2.06. The molecule has 0 fully saturated rings. The lowest BCUT2D eigenvalue weighted by Gasteiger charge is -2.00. The first-order chi connectivity index (χ1) is 6.07. The van der Waals surface area contributed by atoms with E-state index >= 15 is 0 Å². The molecule has 0 atom stereocenters. The van der Waals surface area contributed by atoms with Gasteiger partial charge in [0.25, 0.3) is 0 Å². The van der Waals surface area contributed by atoms with Crippen molar-refractivity contribution >= 4 is 23.5 Å². The van der Waals surface area contributed by atoms with Crippen LogP contribution in [0.4, 0.5) is 0 Å². The van der Waals surface area contributed by atoms with E-state index in [1.807, 2.05) is 6.92 Å². The first kappa shape index (κ1) is 12.0. The van der Waals surface area contributed by atoms with E-state index in [9.17, 15) is 9.59 Å². The van der Waals surface area contributed by atoms with Crippen LogP contribution in [-0.4, -0.2) is 23.7 Å². The standard InChI is InChI=1S/C8H11ClO4/c1-2-3-4-13-8(12)6(9)5-7(10)11/h5H,2-4H2,1H3,(H,10,11)/b6-5+. The number of hydrogen-bond donors (Lipinski definition) is 1. The van der Waals surface area contributed by atoms with Crippen LogP contribution in [0.2, 0.25) is 0 Å². The van der Waals surface area contributed by atoms with Crippen molar-refractivity contribution in [2.45, 2.75) is 19.8 Å². The molecule has 0 aromatic heterocycles. The average molecular weight is 207 g/mol. The molecule has 0 rings (SSSR count). The quantitative estimate of drug-likeness (QED) is 0.421. The fraction of sp³-hybridized carbons (Fsp3) is 0.500. The van der Waals surface area contributed by atoms with Crippen molar-refractivity contribution in [2.24, 2.45) is 0 Å². The Morgan fingerprint density at radius 1 is 1.54 bits per heavy atom. The first-order valence-corrected chi connectivity index (χ1v) is 4.23. The molecule has 74 valence electrons. The van der Waals surface area contributed by atoms with Gasteiger partial charge in [-0.25, -0.2) is 9.59 Å². The summed E-state index contributed by atoms with van der Waals surface area (Å²) < 4.78 is 4.64. The lowest BCUT2D eigenvalue weighted by molar-refractivity contribution is -0.139. The van der Waals surface area contributed by atoms with Crippen LogP contribution in [-0.2, 0) is 14.3 Å². The van der Waals surface area contributed by atoms with Crippen LogP contribution in [0.15, 0.2) is 11.1 Å². The Hall–Kier alpha value is -1.03. The zero-order valence-electron chi connectivity index (χ0n) is 7.25. The molecule has 5 heteroatoms. The molecular formula is C8H11ClO4. The number of carbonyl (C=O) groups excluding carboxylic acids is 1. The Morgan fingerprint density at radius 2 is 2.15 bits per heavy atom. The summed E-state index contributed by atoms with van der Waals surface area (Å²) in [6.45, 7) is 2.21. The Morgan fingerprint density at radius 3 is 2.62 bits per heavy atom. The number of carboxylic acid groups (broad SMARTS) is 1. The van der Waals surface area contributed by atoms with Gasteiger partial charge >= 0.3 is 11.9 Å². The monoisotopic (exact) mass is 206 g/mol. The minimum atomic E-state index is -1.27. The third-order valence-electron chi connectivity index (χ3n) is 1.18. The van der Waals surface area contributed by atoms with Crippen LogP contribution in [0.5, 0.6) is 0 Å². The topological polar surface area (TPSA) is 63.6 Å². The first-order valence-electron chi connectivity index (χ1n) is 3.85. The molecule has 0 spiro atoms. The van der Waals surface area contributed by atoms with Crippen molar-refractivity contribution in [1.29, 1.82) is 0 Å². The average Bonchev–Trinajstić information content (AvgIpc) is 2.03. The van der Waals surface area contributed by atoms with Crippen LogP contribution < -0.4 is 0 Å². The van der Waals surface area contributed by atoms with E-state index in [4.69, 9.17) is 16.7 Å². The van der Waals surface area contributed by atoms with Gasteiger partial charge in [-0.15, -0.1) is 0 Å². The largest absolute Gasteiger partial charge is 0.478 e. The number of rotatable bonds is 5. The van der Waals surface area contributed by atoms with Crippen molar-refractivity contribution in [2.75, 3.05) is 6.61 Å². The van der Waals surface area contributed by atoms with Gasteiger partial charge in [0.1, 0.15) is 5.03 Å². The zero-order chi connectivity index (χ0) is 10.3. The lowest BCUT2D eigenvalue weighted by atomic mass is 10.4. The minimum Gasteiger partial charge on any atom is -0.478 e. The van der Waals surface area contributed by atoms with E-state index in [0.29, 0.717) is 6.08 Å². The third-order valence-corrected chi connectivity index (χ3v) is 1.44. The smallest absolute Gasteiger partial charge is 0.350 e. The maximum atomic E-state index is 10.9. The molecule has 13 heavy (non-hydrogen) atoms. The van der Waals surface area contributed by atoms with Gasteiger partial charge in [-0.1, -0.05) is 24.9 Å². The molecule has 0 radical (unpaired) electrons. The molecule has 0 aromatic carbocycles. The molecule has 0 aliphatic heterocycles. The molecular weight excluding hydrogens is 196 g/mol. The molecule has 0 heterocycles. The molecule has 0 saturated heterocycles. The maximum Gasteiger partial charge on any atom is 0.350 e. The molecule has 0 aromatic rings. The van der Waals surface area contributed by atoms with Crippen molar-refractivity contribution in [3.63, 3.8) is 0 Å². The van der Waals surface area contributed by atoms with E-state index in [-0.39, 0.29) is 6.61 Å². The molecule has 1 N–H and O–H groups in total. The van der Waals surface area contributed by atoms with E-state index in [1.54, 1.807) is 0 Å². The number of halogens is 1. The number of unbranched alkanes of at least 4 members (excludes halogenated alkanes) is 1. The minimum absolute atomic E-state index is 0.263. The number of esters is 1. The molecule has 0 unspecified atom stereocenters. The highest BCUT2D eigenvalue weighted by Crippen LogP contribution is 2.04. The van der Waals surface area contributed by atoms with Crippen molar-refractivity contribution in [3.05, 3.63) is 11.1 Å². The van der Waals surface area contributed by atoms with Crippen molar-refractivity contribution in [3.8, 4) is 0 Å². The summed E-state index contributed by atoms with van der Waals surface area (Å²) in [6.07, 6.45) is 2.24. The molecule has 0 aliphatic rings. The van der Waals surface area contributed by atoms with Gasteiger partial charge in [0, 0.05) is 6.08 Å². The van der Waals surface area contributed by atoms with Gasteiger partial charge in [-0.2, -0.15) is 0 Å². The molecule has 0 amide bonds. The Balaban J connectivity index is 3.90. The predicted octanol–water partition coefficient (Wildman–Crippen LogP) is 1.54. The fourth-order valence-electron chi connectivity index (χ4n) is 0.545. The van der Waals surface area contributed by atoms with Crippen LogP contribution in [0.3, 0.4) is 0 Å². The second-order valence-electron chi connectivity index (χ2n) is 2.32. The number of carboxylic acids is 1. The van der Waals surface area contributed by atoms with Gasteiger partial charge in [-0.3, -0.25) is 0 Å². The van der Waals surface area contributed by atoms with E-state index in [1.165, 1.54) is 0 Å². The summed E-state index contributed by atoms with van der Waals surface area (Å²) in [5.41, 5.74) is 0. The van der Waals surface area contributed by atoms with Crippen LogP contribution in [0.1, 0.15) is 19.8 Å². The van der Waals surface area contributed by atoms with Gasteiger partial charge in [-0.05, 0) is 6.42 Å². The number of hydrogen-bond acceptors (Lipinski definition) is 3. The molecule has 4 nitrogen and oxygen atoms in total. The lowest BCUT2D eigenvalue weighted by Crippen LogP contribution is -2.07. The van der Waals surface area contributed by atoms with Crippen LogP contribution in [0.25, 0.3) is 0 Å². The Kier molecular flexibility index (Phi) is 5.97. The fourth-order valence-corrected chi connectivity index (χ4v) is 0.693. The Labute approximate surface area is 81.1 Å². The SMILES string of the molecule is CCCCOC(=O)/C(Cl)=C\C(=O)O. The highest BCUT2D eigenvalue weighted by molar-refractivity contribution is 6.42. The maximum absolute atomic E-state index is 10.9. The summed E-state index contributed by atoms with van der Waals surface area (Å²) in [5, 5.41) is 7.82. The second-order valence-corrected chi connectivity index (χ2v) is 2.73. The van der Waals surface area contributed by atoms with E-state index < -0.39 is 17.0 Å². The number of ether oxygens (including phenoxy) is 1. The highest BCUT2D eigenvalue weighted by atomic mass is 35.5. The normalized spacial score (nSPS) is 11.1. The van der Waals surface area contributed by atoms with Crippen LogP contribution >= 0.6 is 11.6 Å². The van der Waals surface area contributed by atoms with E-state index in [0.717, 1.165) is 12.8 Å². The summed E-state index contributed by atoms with van der Waals surface area (Å²) >= 11 is 5.31. The Bertz CT molecular complexity index is 222. The third kappa shape index (κ3) is 6.16. The van der Waals surface area contributed by atoms with Gasteiger partial charge in [0.2, 0.25) is 0 Å². The van der Waals surface area contributed by atoms with Crippen molar-refractivity contribution in [1.82, 2.24) is 0 Å². The second kappa shape index (κ2) is 6.48. The summed E-state index contributed by atoms with van der Waals surface area (Å²) in [4.78, 5) is 20.9. The highest BCUT2D eigenvalue weighted by Gasteiger charge is 2.09. The van der Waals surface area contributed by atoms with Gasteiger partial charge in [0.05, 0.1) is 6.61 Å². The summed E-state index contributed by atoms with van der Waals surface area (Å²) in [7, 11) is 0. The van der Waals surface area contributed by atoms with E-state index in [2.05, 4.69) is 4.74 Å². The van der Waals surface area contributed by atoms with Crippen molar-refractivity contribution < 1.29 is 19.4 Å². The van der Waals surface area contributed by atoms with Gasteiger partial charge in [0.15, 0.2) is 0 Å². The number of aliphatic carboxylic acids is 1. The molecule has 0 aliphatic carbocycles. The summed E-state index contributed by atoms with van der Waals surface area (Å²) in [6, 6.07) is 0. The predicted molar refractivity (Wildman–Crippen MR) is 47.4 cm³/mol. The molecule has 0 saturated carbocycles. The van der Waals surface area contributed by atoms with Gasteiger partial charge < -0.3 is 9.84 Å². The van der Waals surface area contributed by atoms with Crippen LogP contribution in [0, 0.1) is 0 Å². The molecule has 0 bridgehead atoms. The zero-order valence-corrected chi connectivity index (χ0v) is 8.00.